The maximum Gasteiger partial charge on any atom is 0.407 e. The number of hydrogen-bond donors (Lipinski definition) is 2. The molecule has 134 valence electrons. The number of amides is 1. The standard InChI is InChI=1S/C16H13F2N5O3/c17-16(18)7-20-15(24)25-6-9-4-19-5-13(21-9)14-11-3-10(26-8-16)1-2-12(11)22-23-14/h1-5H,6-8H2,(H,20,24)(H,22,23). The molecule has 1 amide bonds. The van der Waals surface area contributed by atoms with Gasteiger partial charge >= 0.3 is 6.09 Å². The van der Waals surface area contributed by atoms with Crippen LogP contribution in [0.5, 0.6) is 5.75 Å². The van der Waals surface area contributed by atoms with E-state index < -0.39 is 25.2 Å². The third kappa shape index (κ3) is 3.25. The van der Waals surface area contributed by atoms with Gasteiger partial charge in [-0.2, -0.15) is 5.10 Å². The average Bonchev–Trinajstić information content (AvgIpc) is 3.06. The number of H-pyrrole nitrogens is 1. The molecule has 0 aliphatic carbocycles. The van der Waals surface area contributed by atoms with Crippen molar-refractivity contribution in [3.05, 3.63) is 36.3 Å². The summed E-state index contributed by atoms with van der Waals surface area (Å²) < 4.78 is 37.9. The maximum atomic E-state index is 13.9. The van der Waals surface area contributed by atoms with Gasteiger partial charge in [-0.1, -0.05) is 0 Å². The first-order valence-electron chi connectivity index (χ1n) is 7.71. The molecule has 3 heterocycles. The van der Waals surface area contributed by atoms with Gasteiger partial charge in [0.2, 0.25) is 0 Å². The highest BCUT2D eigenvalue weighted by Gasteiger charge is 2.31. The number of hydrogen-bond acceptors (Lipinski definition) is 6. The summed E-state index contributed by atoms with van der Waals surface area (Å²) in [7, 11) is 0. The molecular formula is C16H13F2N5O3. The molecule has 4 bridgehead atoms. The zero-order valence-corrected chi connectivity index (χ0v) is 13.3. The number of ether oxygens (including phenoxy) is 2. The smallest absolute Gasteiger partial charge is 0.407 e. The molecular weight excluding hydrogens is 348 g/mol. The lowest BCUT2D eigenvalue weighted by molar-refractivity contribution is -0.0386. The van der Waals surface area contributed by atoms with E-state index in [9.17, 15) is 13.6 Å². The monoisotopic (exact) mass is 361 g/mol. The van der Waals surface area contributed by atoms with Crippen molar-refractivity contribution in [1.29, 1.82) is 0 Å². The number of cyclic esters (lactones) is 1. The molecule has 8 nitrogen and oxygen atoms in total. The van der Waals surface area contributed by atoms with Crippen LogP contribution in [0.1, 0.15) is 5.69 Å². The minimum absolute atomic E-state index is 0.206. The van der Waals surface area contributed by atoms with Gasteiger partial charge in [0.05, 0.1) is 30.1 Å². The van der Waals surface area contributed by atoms with Crippen LogP contribution >= 0.6 is 0 Å². The van der Waals surface area contributed by atoms with Crippen molar-refractivity contribution in [2.45, 2.75) is 12.5 Å². The van der Waals surface area contributed by atoms with E-state index >= 15 is 0 Å². The minimum Gasteiger partial charge on any atom is -0.487 e. The molecule has 4 rings (SSSR count). The van der Waals surface area contributed by atoms with Crippen LogP contribution in [0.4, 0.5) is 13.6 Å². The number of aromatic amines is 1. The number of carbonyl (C=O) groups is 1. The molecule has 1 aliphatic heterocycles. The lowest BCUT2D eigenvalue weighted by Crippen LogP contribution is -2.40. The van der Waals surface area contributed by atoms with Crippen LogP contribution in [0.3, 0.4) is 0 Å². The second-order valence-corrected chi connectivity index (χ2v) is 5.75. The van der Waals surface area contributed by atoms with Gasteiger partial charge in [0, 0.05) is 5.39 Å². The Bertz CT molecular complexity index is 975. The van der Waals surface area contributed by atoms with E-state index in [1.165, 1.54) is 12.4 Å². The van der Waals surface area contributed by atoms with Gasteiger partial charge in [-0.25, -0.2) is 18.6 Å². The van der Waals surface area contributed by atoms with Crippen molar-refractivity contribution in [3.8, 4) is 17.1 Å². The largest absolute Gasteiger partial charge is 0.487 e. The van der Waals surface area contributed by atoms with Gasteiger partial charge in [0.15, 0.2) is 6.61 Å². The number of halogens is 2. The van der Waals surface area contributed by atoms with E-state index in [1.54, 1.807) is 18.2 Å². The van der Waals surface area contributed by atoms with Gasteiger partial charge in [-0.05, 0) is 18.2 Å². The Hall–Kier alpha value is -3.30. The number of carbonyl (C=O) groups excluding carboxylic acids is 1. The summed E-state index contributed by atoms with van der Waals surface area (Å²) in [5, 5.41) is 9.73. The Balaban J connectivity index is 1.78. The molecule has 0 spiro atoms. The maximum absolute atomic E-state index is 13.9. The van der Waals surface area contributed by atoms with Crippen molar-refractivity contribution in [2.24, 2.45) is 0 Å². The second kappa shape index (κ2) is 6.21. The number of fused-ring (bicyclic) bond motifs is 4. The molecule has 0 saturated heterocycles. The van der Waals surface area contributed by atoms with E-state index in [-0.39, 0.29) is 12.4 Å². The number of nitrogens with one attached hydrogen (secondary N) is 2. The van der Waals surface area contributed by atoms with Crippen molar-refractivity contribution in [1.82, 2.24) is 25.5 Å². The van der Waals surface area contributed by atoms with Crippen LogP contribution in [0.15, 0.2) is 30.6 Å². The molecule has 1 aliphatic rings. The number of benzene rings is 1. The predicted octanol–water partition coefficient (Wildman–Crippen LogP) is 2.27. The van der Waals surface area contributed by atoms with E-state index in [2.05, 4.69) is 20.2 Å². The fourth-order valence-electron chi connectivity index (χ4n) is 2.50. The summed E-state index contributed by atoms with van der Waals surface area (Å²) in [6.07, 6.45) is 1.96. The Morgan fingerprint density at radius 2 is 2.08 bits per heavy atom. The highest BCUT2D eigenvalue weighted by Crippen LogP contribution is 2.29. The molecule has 0 unspecified atom stereocenters. The molecule has 0 fully saturated rings. The Morgan fingerprint density at radius 3 is 2.96 bits per heavy atom. The third-order valence-electron chi connectivity index (χ3n) is 3.75. The van der Waals surface area contributed by atoms with Crippen molar-refractivity contribution in [3.63, 3.8) is 0 Å². The normalized spacial score (nSPS) is 16.9. The summed E-state index contributed by atoms with van der Waals surface area (Å²) >= 11 is 0. The first kappa shape index (κ1) is 16.2. The molecule has 1 aromatic carbocycles. The van der Waals surface area contributed by atoms with Gasteiger partial charge < -0.3 is 14.8 Å². The second-order valence-electron chi connectivity index (χ2n) is 5.75. The minimum atomic E-state index is -3.26. The van der Waals surface area contributed by atoms with Crippen LogP contribution in [-0.4, -0.2) is 45.3 Å². The Labute approximate surface area is 145 Å². The first-order chi connectivity index (χ1) is 12.5. The van der Waals surface area contributed by atoms with Crippen molar-refractivity contribution in [2.75, 3.05) is 13.2 Å². The lowest BCUT2D eigenvalue weighted by atomic mass is 10.1. The molecule has 26 heavy (non-hydrogen) atoms. The molecule has 2 aromatic heterocycles. The topological polar surface area (TPSA) is 102 Å². The highest BCUT2D eigenvalue weighted by molar-refractivity contribution is 5.92. The fourth-order valence-corrected chi connectivity index (χ4v) is 2.50. The number of nitrogens with zero attached hydrogens (tertiary/aromatic N) is 3. The highest BCUT2D eigenvalue weighted by atomic mass is 19.3. The summed E-state index contributed by atoms with van der Waals surface area (Å²) in [6, 6.07) is 4.84. The summed E-state index contributed by atoms with van der Waals surface area (Å²) in [5.41, 5.74) is 2.01. The Morgan fingerprint density at radius 1 is 1.19 bits per heavy atom. The van der Waals surface area contributed by atoms with Gasteiger partial charge in [0.25, 0.3) is 5.92 Å². The molecule has 10 heteroatoms. The van der Waals surface area contributed by atoms with Crippen LogP contribution in [-0.2, 0) is 11.3 Å². The van der Waals surface area contributed by atoms with Crippen molar-refractivity contribution < 1.29 is 23.0 Å². The first-order valence-corrected chi connectivity index (χ1v) is 7.71. The molecule has 0 saturated carbocycles. The number of aromatic nitrogens is 4. The average molecular weight is 361 g/mol. The fraction of sp³-hybridized carbons (Fsp3) is 0.250. The number of rotatable bonds is 0. The molecule has 0 radical (unpaired) electrons. The van der Waals surface area contributed by atoms with Gasteiger partial charge in [-0.15, -0.1) is 0 Å². The van der Waals surface area contributed by atoms with Crippen LogP contribution in [0.25, 0.3) is 22.3 Å². The van der Waals surface area contributed by atoms with Crippen LogP contribution in [0, 0.1) is 0 Å². The number of alkyl carbamates (subject to hydrolysis) is 1. The predicted molar refractivity (Wildman–Crippen MR) is 85.7 cm³/mol. The molecule has 3 aromatic rings. The zero-order valence-electron chi connectivity index (χ0n) is 13.3. The summed E-state index contributed by atoms with van der Waals surface area (Å²) in [4.78, 5) is 20.0. The molecule has 0 atom stereocenters. The van der Waals surface area contributed by atoms with Crippen LogP contribution < -0.4 is 10.1 Å². The van der Waals surface area contributed by atoms with E-state index in [0.717, 1.165) is 0 Å². The van der Waals surface area contributed by atoms with Crippen molar-refractivity contribution >= 4 is 17.0 Å². The third-order valence-corrected chi connectivity index (χ3v) is 3.75. The zero-order chi connectivity index (χ0) is 18.1. The van der Waals surface area contributed by atoms with E-state index in [4.69, 9.17) is 9.47 Å². The summed E-state index contributed by atoms with van der Waals surface area (Å²) in [5.74, 6) is -3.01. The van der Waals surface area contributed by atoms with E-state index in [0.29, 0.717) is 28.0 Å². The number of alkyl halides is 2. The lowest BCUT2D eigenvalue weighted by Gasteiger charge is -2.17. The molecule has 2 N–H and O–H groups in total. The van der Waals surface area contributed by atoms with Gasteiger partial charge in [-0.3, -0.25) is 10.1 Å². The van der Waals surface area contributed by atoms with E-state index in [1.807, 2.05) is 5.32 Å². The SMILES string of the molecule is O=C1NCC(F)(F)COc2ccc3[nH]nc(c3c2)-c2cncc(n2)CO1. The van der Waals surface area contributed by atoms with Crippen LogP contribution in [0.2, 0.25) is 0 Å². The summed E-state index contributed by atoms with van der Waals surface area (Å²) in [6.45, 7) is -2.00. The quantitative estimate of drug-likeness (QED) is 0.637. The van der Waals surface area contributed by atoms with Gasteiger partial charge in [0.1, 0.15) is 23.7 Å². The Kier molecular flexibility index (Phi) is 3.86.